The normalized spacial score (nSPS) is 15.7. The number of amidine groups is 1. The second-order valence-corrected chi connectivity index (χ2v) is 9.50. The monoisotopic (exact) mass is 461 g/mol. The summed E-state index contributed by atoms with van der Waals surface area (Å²) in [6.07, 6.45) is -0.0127. The number of carbonyl (C=O) groups excluding carboxylic acids is 4. The summed E-state index contributed by atoms with van der Waals surface area (Å²) in [5.41, 5.74) is 0.356. The topological polar surface area (TPSA) is 120 Å². The Balaban J connectivity index is 1.90. The molecule has 0 saturated carbocycles. The number of nitrogens with one attached hydrogen (secondary N) is 3. The molecule has 1 aliphatic rings. The number of hydrogen-bond donors (Lipinski definition) is 3. The number of benzene rings is 1. The van der Waals surface area contributed by atoms with Gasteiger partial charge in [0.2, 0.25) is 11.8 Å². The van der Waals surface area contributed by atoms with Crippen molar-refractivity contribution in [3.05, 3.63) is 29.8 Å². The number of carbonyl (C=O) groups is 4. The maximum atomic E-state index is 12.5. The molecule has 0 radical (unpaired) electrons. The van der Waals surface area contributed by atoms with E-state index < -0.39 is 11.2 Å². The van der Waals surface area contributed by atoms with Gasteiger partial charge in [0.05, 0.1) is 6.54 Å². The lowest BCUT2D eigenvalue weighted by atomic mass is 10.1. The van der Waals surface area contributed by atoms with Gasteiger partial charge in [0.25, 0.3) is 11.8 Å². The van der Waals surface area contributed by atoms with Crippen molar-refractivity contribution in [3.8, 4) is 0 Å². The third-order valence-corrected chi connectivity index (χ3v) is 5.68. The Morgan fingerprint density at radius 2 is 1.81 bits per heavy atom. The van der Waals surface area contributed by atoms with Crippen LogP contribution >= 0.6 is 11.8 Å². The van der Waals surface area contributed by atoms with Gasteiger partial charge in [-0.15, -0.1) is 0 Å². The highest BCUT2D eigenvalue weighted by Gasteiger charge is 2.32. The van der Waals surface area contributed by atoms with Crippen molar-refractivity contribution in [1.82, 2.24) is 15.5 Å². The lowest BCUT2D eigenvalue weighted by Gasteiger charge is -2.20. The Morgan fingerprint density at radius 3 is 2.44 bits per heavy atom. The molecular formula is C22H31N5O4S. The zero-order chi connectivity index (χ0) is 23.9. The van der Waals surface area contributed by atoms with E-state index in [1.165, 1.54) is 17.8 Å². The number of nitrogens with zero attached hydrogens (tertiary/aromatic N) is 2. The number of anilines is 1. The molecule has 0 spiro atoms. The molecule has 0 saturated heterocycles. The maximum absolute atomic E-state index is 12.5. The zero-order valence-electron chi connectivity index (χ0n) is 19.2. The molecule has 1 unspecified atom stereocenters. The van der Waals surface area contributed by atoms with Gasteiger partial charge in [0, 0.05) is 36.3 Å². The van der Waals surface area contributed by atoms with E-state index in [0.717, 1.165) is 13.1 Å². The van der Waals surface area contributed by atoms with E-state index in [2.05, 4.69) is 20.9 Å². The average Bonchev–Trinajstić information content (AvgIpc) is 3.05. The first-order chi connectivity index (χ1) is 15.0. The van der Waals surface area contributed by atoms with Crippen molar-refractivity contribution in [3.63, 3.8) is 0 Å². The number of hydrogen-bond acceptors (Lipinski definition) is 6. The highest BCUT2D eigenvalue weighted by atomic mass is 32.2. The van der Waals surface area contributed by atoms with Crippen LogP contribution in [0.4, 0.5) is 5.69 Å². The van der Waals surface area contributed by atoms with Crippen LogP contribution in [-0.2, 0) is 14.4 Å². The minimum Gasteiger partial charge on any atom is -0.352 e. The summed E-state index contributed by atoms with van der Waals surface area (Å²) in [5, 5.41) is 8.14. The largest absolute Gasteiger partial charge is 0.352 e. The van der Waals surface area contributed by atoms with Crippen LogP contribution in [0.2, 0.25) is 0 Å². The van der Waals surface area contributed by atoms with Crippen LogP contribution in [-0.4, -0.2) is 64.1 Å². The van der Waals surface area contributed by atoms with Crippen LogP contribution in [0, 0.1) is 0 Å². The molecule has 3 N–H and O–H groups in total. The van der Waals surface area contributed by atoms with Gasteiger partial charge >= 0.3 is 0 Å². The van der Waals surface area contributed by atoms with Crippen molar-refractivity contribution >= 4 is 46.2 Å². The van der Waals surface area contributed by atoms with Gasteiger partial charge in [0.15, 0.2) is 5.17 Å². The number of aliphatic imine (C=N–C) groups is 1. The Morgan fingerprint density at radius 1 is 1.12 bits per heavy atom. The third-order valence-electron chi connectivity index (χ3n) is 4.47. The van der Waals surface area contributed by atoms with E-state index in [1.807, 2.05) is 39.5 Å². The predicted octanol–water partition coefficient (Wildman–Crippen LogP) is 2.00. The van der Waals surface area contributed by atoms with Crippen LogP contribution in [0.15, 0.2) is 29.3 Å². The Hall–Kier alpha value is -2.88. The van der Waals surface area contributed by atoms with Gasteiger partial charge in [-0.05, 0) is 52.8 Å². The van der Waals surface area contributed by atoms with E-state index in [9.17, 15) is 19.2 Å². The van der Waals surface area contributed by atoms with E-state index in [1.54, 1.807) is 18.2 Å². The highest BCUT2D eigenvalue weighted by Crippen LogP contribution is 2.27. The summed E-state index contributed by atoms with van der Waals surface area (Å²) in [6, 6.07) is 6.41. The minimum atomic E-state index is -0.557. The molecule has 0 fully saturated rings. The molecule has 4 amide bonds. The molecular weight excluding hydrogens is 430 g/mol. The summed E-state index contributed by atoms with van der Waals surface area (Å²) in [7, 11) is 0. The fraction of sp³-hybridized carbons (Fsp3) is 0.500. The molecule has 10 heteroatoms. The van der Waals surface area contributed by atoms with Gasteiger partial charge in [-0.25, -0.2) is 0 Å². The zero-order valence-corrected chi connectivity index (χ0v) is 20.0. The lowest BCUT2D eigenvalue weighted by molar-refractivity contribution is -0.121. The molecule has 32 heavy (non-hydrogen) atoms. The minimum absolute atomic E-state index is 0.0127. The number of rotatable bonds is 8. The molecule has 2 rings (SSSR count). The molecule has 1 atom stereocenters. The van der Waals surface area contributed by atoms with Crippen LogP contribution < -0.4 is 16.0 Å². The van der Waals surface area contributed by atoms with Crippen molar-refractivity contribution in [2.24, 2.45) is 4.99 Å². The van der Waals surface area contributed by atoms with Gasteiger partial charge in [0.1, 0.15) is 5.25 Å². The first kappa shape index (κ1) is 25.4. The summed E-state index contributed by atoms with van der Waals surface area (Å²) >= 11 is 1.30. The fourth-order valence-corrected chi connectivity index (χ4v) is 4.17. The highest BCUT2D eigenvalue weighted by molar-refractivity contribution is 8.15. The quantitative estimate of drug-likeness (QED) is 0.545. The van der Waals surface area contributed by atoms with Crippen molar-refractivity contribution in [2.45, 2.75) is 51.8 Å². The van der Waals surface area contributed by atoms with Crippen molar-refractivity contribution in [2.75, 3.05) is 25.0 Å². The SMILES string of the molecule is CCN(CC)C1=NC(=O)C(CC(=O)Nc2cccc(C(=O)NCC(=O)NC(C)(C)C)c2)S1. The Kier molecular flexibility index (Phi) is 8.82. The second kappa shape index (κ2) is 11.1. The molecule has 0 bridgehead atoms. The molecule has 9 nitrogen and oxygen atoms in total. The van der Waals surface area contributed by atoms with Gasteiger partial charge in [-0.2, -0.15) is 4.99 Å². The predicted molar refractivity (Wildman–Crippen MR) is 127 cm³/mol. The number of amides is 4. The van der Waals surface area contributed by atoms with Crippen LogP contribution in [0.25, 0.3) is 0 Å². The van der Waals surface area contributed by atoms with E-state index in [4.69, 9.17) is 0 Å². The molecule has 1 aromatic rings. The number of thioether (sulfide) groups is 1. The average molecular weight is 462 g/mol. The first-order valence-electron chi connectivity index (χ1n) is 10.6. The summed E-state index contributed by atoms with van der Waals surface area (Å²) in [5.74, 6) is -1.37. The van der Waals surface area contributed by atoms with E-state index >= 15 is 0 Å². The van der Waals surface area contributed by atoms with Crippen molar-refractivity contribution < 1.29 is 19.2 Å². The molecule has 1 aromatic carbocycles. The summed E-state index contributed by atoms with van der Waals surface area (Å²) in [4.78, 5) is 54.9. The summed E-state index contributed by atoms with van der Waals surface area (Å²) < 4.78 is 0. The van der Waals surface area contributed by atoms with E-state index in [0.29, 0.717) is 16.4 Å². The molecule has 1 aliphatic heterocycles. The van der Waals surface area contributed by atoms with Gasteiger partial charge in [-0.1, -0.05) is 17.8 Å². The molecule has 1 heterocycles. The molecule has 174 valence electrons. The standard InChI is InChI=1S/C22H31N5O4S/c1-6-27(7-2)21-25-20(31)16(32-21)12-17(28)24-15-10-8-9-14(11-15)19(30)23-13-18(29)26-22(3,4)5/h8-11,16H,6-7,12-13H2,1-5H3,(H,23,30)(H,24,28)(H,26,29). The van der Waals surface area contributed by atoms with E-state index in [-0.39, 0.29) is 36.2 Å². The van der Waals surface area contributed by atoms with Gasteiger partial charge < -0.3 is 20.9 Å². The molecule has 0 aromatic heterocycles. The summed E-state index contributed by atoms with van der Waals surface area (Å²) in [6.45, 7) is 10.9. The van der Waals surface area contributed by atoms with Gasteiger partial charge in [-0.3, -0.25) is 19.2 Å². The lowest BCUT2D eigenvalue weighted by Crippen LogP contribution is -2.45. The van der Waals surface area contributed by atoms with Crippen LogP contribution in [0.3, 0.4) is 0 Å². The molecule has 0 aliphatic carbocycles. The fourth-order valence-electron chi connectivity index (χ4n) is 2.98. The Labute approximate surface area is 192 Å². The first-order valence-corrected chi connectivity index (χ1v) is 11.4. The third kappa shape index (κ3) is 7.67. The van der Waals surface area contributed by atoms with Crippen LogP contribution in [0.5, 0.6) is 0 Å². The smallest absolute Gasteiger partial charge is 0.262 e. The second-order valence-electron chi connectivity index (χ2n) is 8.33. The Bertz CT molecular complexity index is 906. The van der Waals surface area contributed by atoms with Crippen molar-refractivity contribution in [1.29, 1.82) is 0 Å². The van der Waals surface area contributed by atoms with Crippen LogP contribution in [0.1, 0.15) is 51.4 Å². The maximum Gasteiger partial charge on any atom is 0.262 e.